The second-order valence-electron chi connectivity index (χ2n) is 4.42. The molecule has 0 saturated carbocycles. The van der Waals surface area contributed by atoms with E-state index in [1.807, 2.05) is 24.3 Å². The molecule has 0 aliphatic rings. The number of nitrogens with one attached hydrogen (secondary N) is 2. The van der Waals surface area contributed by atoms with Crippen molar-refractivity contribution in [3.63, 3.8) is 0 Å². The van der Waals surface area contributed by atoms with Crippen molar-refractivity contribution in [1.82, 2.24) is 10.6 Å². The third-order valence-corrected chi connectivity index (χ3v) is 2.74. The number of benzene rings is 1. The highest BCUT2D eigenvalue weighted by atomic mass is 16.5. The van der Waals surface area contributed by atoms with Crippen molar-refractivity contribution in [3.8, 4) is 11.8 Å². The van der Waals surface area contributed by atoms with Crippen LogP contribution in [0.15, 0.2) is 24.3 Å². The third-order valence-electron chi connectivity index (χ3n) is 2.74. The van der Waals surface area contributed by atoms with Gasteiger partial charge in [0.15, 0.2) is 0 Å². The molecule has 0 aliphatic heterocycles. The molecule has 0 radical (unpaired) electrons. The maximum Gasteiger partial charge on any atom is 0.234 e. The predicted octanol–water partition coefficient (Wildman–Crippen LogP) is 0.774. The van der Waals surface area contributed by atoms with Gasteiger partial charge in [0.05, 0.1) is 19.6 Å². The Morgan fingerprint density at radius 1 is 1.24 bits per heavy atom. The van der Waals surface area contributed by atoms with E-state index in [2.05, 4.69) is 10.6 Å². The Bertz CT molecular complexity index is 523. The molecule has 1 aromatic carbocycles. The van der Waals surface area contributed by atoms with E-state index in [1.165, 1.54) is 0 Å². The number of amides is 2. The molecule has 1 aromatic rings. The summed E-state index contributed by atoms with van der Waals surface area (Å²) >= 11 is 0. The van der Waals surface area contributed by atoms with Gasteiger partial charge in [-0.05, 0) is 24.1 Å². The number of rotatable bonds is 8. The summed E-state index contributed by atoms with van der Waals surface area (Å²) in [4.78, 5) is 22.7. The number of ether oxygens (including phenoxy) is 1. The number of nitriles is 1. The van der Waals surface area contributed by atoms with E-state index in [9.17, 15) is 9.59 Å². The number of hydrogen-bond acceptors (Lipinski definition) is 4. The van der Waals surface area contributed by atoms with Crippen LogP contribution in [-0.4, -0.2) is 32.0 Å². The fourth-order valence-corrected chi connectivity index (χ4v) is 1.71. The SMILES string of the molecule is COc1cccc(CC(=O)NCCCNC(=O)CC#N)c1. The quantitative estimate of drug-likeness (QED) is 0.692. The molecule has 2 amide bonds. The first-order valence-corrected chi connectivity index (χ1v) is 6.69. The number of hydrogen-bond donors (Lipinski definition) is 2. The number of methoxy groups -OCH3 is 1. The zero-order valence-corrected chi connectivity index (χ0v) is 12.0. The maximum atomic E-state index is 11.7. The fourth-order valence-electron chi connectivity index (χ4n) is 1.71. The average molecular weight is 289 g/mol. The summed E-state index contributed by atoms with van der Waals surface area (Å²) in [7, 11) is 1.58. The van der Waals surface area contributed by atoms with Crippen molar-refractivity contribution in [3.05, 3.63) is 29.8 Å². The van der Waals surface area contributed by atoms with Crippen LogP contribution in [-0.2, 0) is 16.0 Å². The molecule has 0 aliphatic carbocycles. The molecule has 0 saturated heterocycles. The molecular formula is C15H19N3O3. The van der Waals surface area contributed by atoms with Crippen LogP contribution in [0.2, 0.25) is 0 Å². The zero-order valence-electron chi connectivity index (χ0n) is 12.0. The molecule has 0 atom stereocenters. The molecule has 2 N–H and O–H groups in total. The molecule has 112 valence electrons. The molecule has 6 heteroatoms. The lowest BCUT2D eigenvalue weighted by Crippen LogP contribution is -2.30. The first kappa shape index (κ1) is 16.5. The Morgan fingerprint density at radius 2 is 1.95 bits per heavy atom. The summed E-state index contributed by atoms with van der Waals surface area (Å²) in [5.74, 6) is 0.354. The molecular weight excluding hydrogens is 270 g/mol. The topological polar surface area (TPSA) is 91.2 Å². The number of nitrogens with zero attached hydrogens (tertiary/aromatic N) is 1. The van der Waals surface area contributed by atoms with Gasteiger partial charge in [-0.1, -0.05) is 12.1 Å². The van der Waals surface area contributed by atoms with E-state index in [4.69, 9.17) is 10.00 Å². The Balaban J connectivity index is 2.19. The van der Waals surface area contributed by atoms with Crippen LogP contribution in [0, 0.1) is 11.3 Å². The van der Waals surface area contributed by atoms with Crippen LogP contribution in [0.25, 0.3) is 0 Å². The van der Waals surface area contributed by atoms with E-state index in [0.29, 0.717) is 19.5 Å². The van der Waals surface area contributed by atoms with Crippen molar-refractivity contribution in [2.75, 3.05) is 20.2 Å². The van der Waals surface area contributed by atoms with Crippen molar-refractivity contribution in [2.24, 2.45) is 0 Å². The van der Waals surface area contributed by atoms with Gasteiger partial charge in [-0.3, -0.25) is 9.59 Å². The highest BCUT2D eigenvalue weighted by molar-refractivity contribution is 5.79. The monoisotopic (exact) mass is 289 g/mol. The van der Waals surface area contributed by atoms with Gasteiger partial charge < -0.3 is 15.4 Å². The van der Waals surface area contributed by atoms with Gasteiger partial charge in [0.1, 0.15) is 12.2 Å². The summed E-state index contributed by atoms with van der Waals surface area (Å²) < 4.78 is 5.10. The van der Waals surface area contributed by atoms with E-state index < -0.39 is 0 Å². The van der Waals surface area contributed by atoms with E-state index in [0.717, 1.165) is 11.3 Å². The zero-order chi connectivity index (χ0) is 15.5. The van der Waals surface area contributed by atoms with Gasteiger partial charge in [-0.15, -0.1) is 0 Å². The fraction of sp³-hybridized carbons (Fsp3) is 0.400. The smallest absolute Gasteiger partial charge is 0.234 e. The third kappa shape index (κ3) is 6.97. The van der Waals surface area contributed by atoms with Gasteiger partial charge >= 0.3 is 0 Å². The summed E-state index contributed by atoms with van der Waals surface area (Å²) in [6.07, 6.45) is 0.779. The molecule has 0 aromatic heterocycles. The first-order chi connectivity index (χ1) is 10.2. The van der Waals surface area contributed by atoms with Gasteiger partial charge in [-0.2, -0.15) is 5.26 Å². The number of carbonyl (C=O) groups is 2. The lowest BCUT2D eigenvalue weighted by Gasteiger charge is -2.07. The van der Waals surface area contributed by atoms with Gasteiger partial charge in [0, 0.05) is 13.1 Å². The van der Waals surface area contributed by atoms with Gasteiger partial charge in [0.25, 0.3) is 0 Å². The summed E-state index contributed by atoms with van der Waals surface area (Å²) in [5, 5.41) is 13.7. The molecule has 21 heavy (non-hydrogen) atoms. The standard InChI is InChI=1S/C15H19N3O3/c1-21-13-5-2-4-12(10-13)11-15(20)18-9-3-8-17-14(19)6-7-16/h2,4-5,10H,3,6,8-9,11H2,1H3,(H,17,19)(H,18,20). The summed E-state index contributed by atoms with van der Waals surface area (Å²) in [5.41, 5.74) is 0.883. The summed E-state index contributed by atoms with van der Waals surface area (Å²) in [6, 6.07) is 9.12. The number of carbonyl (C=O) groups excluding carboxylic acids is 2. The van der Waals surface area contributed by atoms with Crippen molar-refractivity contribution in [1.29, 1.82) is 5.26 Å². The molecule has 0 spiro atoms. The molecule has 0 fully saturated rings. The highest BCUT2D eigenvalue weighted by Gasteiger charge is 2.04. The minimum Gasteiger partial charge on any atom is -0.497 e. The predicted molar refractivity (Wildman–Crippen MR) is 77.6 cm³/mol. The second kappa shape index (κ2) is 9.37. The maximum absolute atomic E-state index is 11.7. The lowest BCUT2D eigenvalue weighted by atomic mass is 10.1. The molecule has 0 unspecified atom stereocenters. The van der Waals surface area contributed by atoms with Crippen molar-refractivity contribution >= 4 is 11.8 Å². The normalized spacial score (nSPS) is 9.52. The largest absolute Gasteiger partial charge is 0.497 e. The van der Waals surface area contributed by atoms with Crippen LogP contribution in [0.1, 0.15) is 18.4 Å². The lowest BCUT2D eigenvalue weighted by molar-refractivity contribution is -0.120. The highest BCUT2D eigenvalue weighted by Crippen LogP contribution is 2.12. The van der Waals surface area contributed by atoms with Crippen LogP contribution in [0.5, 0.6) is 5.75 Å². The molecule has 6 nitrogen and oxygen atoms in total. The Kier molecular flexibility index (Phi) is 7.36. The molecule has 1 rings (SSSR count). The van der Waals surface area contributed by atoms with Crippen molar-refractivity contribution < 1.29 is 14.3 Å². The molecule has 0 bridgehead atoms. The minimum atomic E-state index is -0.291. The van der Waals surface area contributed by atoms with E-state index in [-0.39, 0.29) is 24.7 Å². The van der Waals surface area contributed by atoms with Crippen LogP contribution < -0.4 is 15.4 Å². The van der Waals surface area contributed by atoms with Crippen molar-refractivity contribution in [2.45, 2.75) is 19.3 Å². The Hall–Kier alpha value is -2.55. The van der Waals surface area contributed by atoms with Gasteiger partial charge in [-0.25, -0.2) is 0 Å². The Labute approximate surface area is 124 Å². The Morgan fingerprint density at radius 3 is 2.62 bits per heavy atom. The molecule has 0 heterocycles. The second-order valence-corrected chi connectivity index (χ2v) is 4.42. The van der Waals surface area contributed by atoms with Gasteiger partial charge in [0.2, 0.25) is 11.8 Å². The average Bonchev–Trinajstić information content (AvgIpc) is 2.47. The van der Waals surface area contributed by atoms with E-state index >= 15 is 0 Å². The minimum absolute atomic E-state index is 0.0772. The van der Waals surface area contributed by atoms with Crippen LogP contribution in [0.3, 0.4) is 0 Å². The van der Waals surface area contributed by atoms with Crippen LogP contribution >= 0.6 is 0 Å². The van der Waals surface area contributed by atoms with Crippen LogP contribution in [0.4, 0.5) is 0 Å². The summed E-state index contributed by atoms with van der Waals surface area (Å²) in [6.45, 7) is 0.926. The first-order valence-electron chi connectivity index (χ1n) is 6.69. The van der Waals surface area contributed by atoms with E-state index in [1.54, 1.807) is 13.2 Å².